The fourth-order valence-corrected chi connectivity index (χ4v) is 4.94. The third-order valence-corrected chi connectivity index (χ3v) is 6.89. The molecule has 0 saturated carbocycles. The van der Waals surface area contributed by atoms with Crippen LogP contribution < -0.4 is 14.5 Å². The Kier molecular flexibility index (Phi) is 5.94. The van der Waals surface area contributed by atoms with E-state index < -0.39 is 23.7 Å². The zero-order valence-corrected chi connectivity index (χ0v) is 20.8. The maximum atomic E-state index is 12.9. The molecule has 0 radical (unpaired) electrons. The first kappa shape index (κ1) is 23.3. The Morgan fingerprint density at radius 1 is 0.971 bits per heavy atom. The highest BCUT2D eigenvalue weighted by Crippen LogP contribution is 2.35. The minimum absolute atomic E-state index is 0.0196. The van der Waals surface area contributed by atoms with Crippen LogP contribution >= 0.6 is 27.5 Å². The van der Waals surface area contributed by atoms with E-state index in [9.17, 15) is 19.2 Å². The number of carbonyl (C=O) groups is 4. The minimum atomic E-state index is -0.645. The van der Waals surface area contributed by atoms with Crippen LogP contribution in [0.2, 0.25) is 5.02 Å². The van der Waals surface area contributed by atoms with E-state index in [1.165, 1.54) is 11.0 Å². The van der Waals surface area contributed by atoms with Gasteiger partial charge in [-0.25, -0.2) is 4.90 Å². The number of halogens is 2. The zero-order chi connectivity index (χ0) is 24.9. The second-order valence-electron chi connectivity index (χ2n) is 8.36. The maximum absolute atomic E-state index is 12.9. The summed E-state index contributed by atoms with van der Waals surface area (Å²) in [6.45, 7) is 1.90. The molecule has 0 spiro atoms. The van der Waals surface area contributed by atoms with Crippen LogP contribution in [0.25, 0.3) is 0 Å². The fraction of sp³-hybridized carbons (Fsp3) is 0.154. The zero-order valence-electron chi connectivity index (χ0n) is 18.5. The lowest BCUT2D eigenvalue weighted by Crippen LogP contribution is -2.30. The molecule has 0 aliphatic carbocycles. The van der Waals surface area contributed by atoms with Crippen molar-refractivity contribution in [2.45, 2.75) is 13.3 Å². The molecule has 2 heterocycles. The summed E-state index contributed by atoms with van der Waals surface area (Å²) >= 11 is 9.53. The lowest BCUT2D eigenvalue weighted by atomic mass is 10.1. The molecule has 1 saturated heterocycles. The van der Waals surface area contributed by atoms with E-state index in [2.05, 4.69) is 15.9 Å². The van der Waals surface area contributed by atoms with Gasteiger partial charge in [0.15, 0.2) is 0 Å². The highest BCUT2D eigenvalue weighted by atomic mass is 79.9. The van der Waals surface area contributed by atoms with Crippen LogP contribution in [0.3, 0.4) is 0 Å². The van der Waals surface area contributed by atoms with Crippen LogP contribution in [0.4, 0.5) is 11.4 Å². The first-order chi connectivity index (χ1) is 16.7. The molecule has 1 atom stereocenters. The van der Waals surface area contributed by atoms with Gasteiger partial charge >= 0.3 is 5.97 Å². The summed E-state index contributed by atoms with van der Waals surface area (Å²) < 4.78 is 6.25. The summed E-state index contributed by atoms with van der Waals surface area (Å²) in [5.74, 6) is -1.94. The molecular formula is C26H18BrClN2O5. The molecule has 2 aliphatic heterocycles. The number of benzene rings is 3. The smallest absolute Gasteiger partial charge is 0.316 e. The van der Waals surface area contributed by atoms with Crippen molar-refractivity contribution in [3.63, 3.8) is 0 Å². The molecule has 2 aliphatic rings. The van der Waals surface area contributed by atoms with E-state index in [4.69, 9.17) is 16.3 Å². The van der Waals surface area contributed by atoms with Crippen LogP contribution in [-0.2, 0) is 9.59 Å². The van der Waals surface area contributed by atoms with Crippen molar-refractivity contribution in [3.8, 4) is 5.75 Å². The number of amides is 3. The van der Waals surface area contributed by atoms with Crippen LogP contribution in [-0.4, -0.2) is 30.2 Å². The number of imide groups is 1. The minimum Gasteiger partial charge on any atom is -0.426 e. The van der Waals surface area contributed by atoms with Crippen molar-refractivity contribution in [2.75, 3.05) is 16.3 Å². The van der Waals surface area contributed by atoms with Crippen LogP contribution in [0.1, 0.15) is 32.7 Å². The number of esters is 1. The Balaban J connectivity index is 1.31. The Bertz CT molecular complexity index is 1420. The van der Waals surface area contributed by atoms with Crippen molar-refractivity contribution in [2.24, 2.45) is 5.92 Å². The second-order valence-corrected chi connectivity index (χ2v) is 9.68. The molecule has 7 nitrogen and oxygen atoms in total. The molecule has 3 aromatic carbocycles. The third kappa shape index (κ3) is 4.13. The molecule has 3 aromatic rings. The molecule has 9 heteroatoms. The predicted molar refractivity (Wildman–Crippen MR) is 134 cm³/mol. The van der Waals surface area contributed by atoms with Gasteiger partial charge in [0.05, 0.1) is 33.4 Å². The number of rotatable bonds is 4. The summed E-state index contributed by atoms with van der Waals surface area (Å²) in [5.41, 5.74) is 2.22. The molecular weight excluding hydrogens is 536 g/mol. The van der Waals surface area contributed by atoms with Gasteiger partial charge in [-0.05, 0) is 61.0 Å². The number of aryl methyl sites for hydroxylation is 1. The molecule has 0 aromatic heterocycles. The van der Waals surface area contributed by atoms with Gasteiger partial charge in [-0.3, -0.25) is 19.2 Å². The Labute approximate surface area is 214 Å². The monoisotopic (exact) mass is 552 g/mol. The second kappa shape index (κ2) is 8.94. The first-order valence-corrected chi connectivity index (χ1v) is 12.0. The average molecular weight is 554 g/mol. The number of ether oxygens (including phenoxy) is 1. The van der Waals surface area contributed by atoms with Gasteiger partial charge < -0.3 is 9.64 Å². The van der Waals surface area contributed by atoms with Gasteiger partial charge in [0.25, 0.3) is 11.8 Å². The van der Waals surface area contributed by atoms with E-state index >= 15 is 0 Å². The van der Waals surface area contributed by atoms with Gasteiger partial charge in [-0.1, -0.05) is 39.7 Å². The van der Waals surface area contributed by atoms with Gasteiger partial charge in [-0.2, -0.15) is 0 Å². The first-order valence-electron chi connectivity index (χ1n) is 10.8. The van der Waals surface area contributed by atoms with Crippen molar-refractivity contribution in [1.29, 1.82) is 0 Å². The topological polar surface area (TPSA) is 84.0 Å². The number of carbonyl (C=O) groups excluding carboxylic acids is 4. The molecule has 176 valence electrons. The highest BCUT2D eigenvalue weighted by Gasteiger charge is 2.39. The molecule has 35 heavy (non-hydrogen) atoms. The average Bonchev–Trinajstić information content (AvgIpc) is 3.32. The van der Waals surface area contributed by atoms with Crippen LogP contribution in [0.15, 0.2) is 65.1 Å². The van der Waals surface area contributed by atoms with Crippen molar-refractivity contribution >= 4 is 62.6 Å². The molecule has 0 N–H and O–H groups in total. The molecule has 5 rings (SSSR count). The number of nitrogens with zero attached hydrogens (tertiary/aromatic N) is 2. The largest absolute Gasteiger partial charge is 0.426 e. The lowest BCUT2D eigenvalue weighted by molar-refractivity contribution is -0.139. The normalized spacial score (nSPS) is 17.2. The highest BCUT2D eigenvalue weighted by molar-refractivity contribution is 9.10. The van der Waals surface area contributed by atoms with Gasteiger partial charge in [0.2, 0.25) is 5.91 Å². The number of hydrogen-bond donors (Lipinski definition) is 0. The number of anilines is 2. The van der Waals surface area contributed by atoms with Crippen LogP contribution in [0, 0.1) is 12.8 Å². The summed E-state index contributed by atoms with van der Waals surface area (Å²) in [4.78, 5) is 53.7. The molecule has 0 bridgehead atoms. The van der Waals surface area contributed by atoms with Gasteiger partial charge in [-0.15, -0.1) is 0 Å². The quantitative estimate of drug-likeness (QED) is 0.253. The van der Waals surface area contributed by atoms with E-state index in [0.29, 0.717) is 37.6 Å². The molecule has 3 amide bonds. The summed E-state index contributed by atoms with van der Waals surface area (Å²) in [6.07, 6.45) is 0.0196. The fourth-order valence-electron chi connectivity index (χ4n) is 4.34. The van der Waals surface area contributed by atoms with Crippen molar-refractivity contribution in [3.05, 3.63) is 86.8 Å². The molecule has 0 unspecified atom stereocenters. The summed E-state index contributed by atoms with van der Waals surface area (Å²) in [6, 6.07) is 16.6. The van der Waals surface area contributed by atoms with E-state index in [0.717, 1.165) is 4.90 Å². The summed E-state index contributed by atoms with van der Waals surface area (Å²) in [7, 11) is 0. The van der Waals surface area contributed by atoms with Gasteiger partial charge in [0, 0.05) is 17.4 Å². The Morgan fingerprint density at radius 2 is 1.71 bits per heavy atom. The van der Waals surface area contributed by atoms with Crippen molar-refractivity contribution < 1.29 is 23.9 Å². The van der Waals surface area contributed by atoms with E-state index in [1.54, 1.807) is 61.5 Å². The number of fused-ring (bicyclic) bond motifs is 1. The standard InChI is InChI=1S/C26H18BrClN2O5/c1-14-10-17(7-9-21(14)30-24(32)18-8-6-16(27)12-19(18)25(30)33)35-26(34)15-11-23(31)29(13-15)22-5-3-2-4-20(22)28/h2-10,12,15H,11,13H2,1H3/t15-/m0/s1. The SMILES string of the molecule is Cc1cc(OC(=O)[C@H]2CC(=O)N(c3ccccc3Cl)C2)ccc1N1C(=O)c2ccc(Br)cc2C1=O. The third-order valence-electron chi connectivity index (χ3n) is 6.08. The predicted octanol–water partition coefficient (Wildman–Crippen LogP) is 5.17. The lowest BCUT2D eigenvalue weighted by Gasteiger charge is -2.18. The van der Waals surface area contributed by atoms with Crippen molar-refractivity contribution in [1.82, 2.24) is 0 Å². The summed E-state index contributed by atoms with van der Waals surface area (Å²) in [5, 5.41) is 0.432. The van der Waals surface area contributed by atoms with E-state index in [1.807, 2.05) is 0 Å². The number of para-hydroxylation sites is 1. The molecule has 1 fully saturated rings. The van der Waals surface area contributed by atoms with Gasteiger partial charge in [0.1, 0.15) is 5.75 Å². The Hall–Kier alpha value is -3.49. The number of hydrogen-bond acceptors (Lipinski definition) is 5. The Morgan fingerprint density at radius 3 is 2.46 bits per heavy atom. The van der Waals surface area contributed by atoms with Crippen LogP contribution in [0.5, 0.6) is 5.75 Å². The maximum Gasteiger partial charge on any atom is 0.316 e. The van der Waals surface area contributed by atoms with E-state index in [-0.39, 0.29) is 24.6 Å².